The Labute approximate surface area is 125 Å². The number of aliphatic hydroxyl groups is 2. The van der Waals surface area contributed by atoms with Crippen molar-refractivity contribution in [2.75, 3.05) is 20.3 Å². The third-order valence-corrected chi connectivity index (χ3v) is 3.49. The second kappa shape index (κ2) is 8.77. The monoisotopic (exact) mass is 295 g/mol. The molecule has 0 bridgehead atoms. The van der Waals surface area contributed by atoms with Gasteiger partial charge in [0.05, 0.1) is 19.6 Å². The minimum Gasteiger partial charge on any atom is -0.469 e. The molecule has 0 radical (unpaired) electrons. The maximum absolute atomic E-state index is 11.5. The van der Waals surface area contributed by atoms with Crippen molar-refractivity contribution in [1.29, 1.82) is 0 Å². The molecule has 0 fully saturated rings. The standard InChI is InChI=1S/C16H25NO4/c1-11-5-6-12(2)13(9-11)16(20)14(10-15(19)21-3)17-7-4-8-18/h5-6,9,14,16-18,20H,4,7-8,10H2,1-3H3. The fourth-order valence-electron chi connectivity index (χ4n) is 2.22. The van der Waals surface area contributed by atoms with E-state index in [1.54, 1.807) is 0 Å². The first-order valence-electron chi connectivity index (χ1n) is 7.15. The summed E-state index contributed by atoms with van der Waals surface area (Å²) >= 11 is 0. The highest BCUT2D eigenvalue weighted by atomic mass is 16.5. The molecule has 118 valence electrons. The van der Waals surface area contributed by atoms with Gasteiger partial charge in [0, 0.05) is 12.6 Å². The number of benzene rings is 1. The van der Waals surface area contributed by atoms with Gasteiger partial charge in [0.15, 0.2) is 0 Å². The fourth-order valence-corrected chi connectivity index (χ4v) is 2.22. The summed E-state index contributed by atoms with van der Waals surface area (Å²) < 4.78 is 4.69. The lowest BCUT2D eigenvalue weighted by Crippen LogP contribution is -2.38. The number of aryl methyl sites for hydroxylation is 2. The van der Waals surface area contributed by atoms with E-state index in [2.05, 4.69) is 10.1 Å². The van der Waals surface area contributed by atoms with E-state index in [0.29, 0.717) is 13.0 Å². The van der Waals surface area contributed by atoms with Crippen LogP contribution < -0.4 is 5.32 Å². The number of hydrogen-bond donors (Lipinski definition) is 3. The minimum atomic E-state index is -0.803. The summed E-state index contributed by atoms with van der Waals surface area (Å²) in [7, 11) is 1.33. The Morgan fingerprint density at radius 1 is 1.38 bits per heavy atom. The van der Waals surface area contributed by atoms with Crippen LogP contribution in [0.5, 0.6) is 0 Å². The van der Waals surface area contributed by atoms with Crippen LogP contribution in [-0.4, -0.2) is 42.5 Å². The van der Waals surface area contributed by atoms with Gasteiger partial charge in [-0.05, 0) is 37.9 Å². The summed E-state index contributed by atoms with van der Waals surface area (Å²) in [5.41, 5.74) is 2.84. The summed E-state index contributed by atoms with van der Waals surface area (Å²) in [6, 6.07) is 5.43. The van der Waals surface area contributed by atoms with Crippen LogP contribution >= 0.6 is 0 Å². The molecule has 3 N–H and O–H groups in total. The van der Waals surface area contributed by atoms with Crippen molar-refractivity contribution < 1.29 is 19.7 Å². The van der Waals surface area contributed by atoms with E-state index < -0.39 is 12.1 Å². The molecule has 0 spiro atoms. The van der Waals surface area contributed by atoms with Crippen LogP contribution in [0.25, 0.3) is 0 Å². The molecule has 5 nitrogen and oxygen atoms in total. The summed E-state index contributed by atoms with van der Waals surface area (Å²) in [5, 5.41) is 22.6. The number of rotatable bonds is 8. The molecule has 0 heterocycles. The van der Waals surface area contributed by atoms with Crippen molar-refractivity contribution in [2.24, 2.45) is 0 Å². The summed E-state index contributed by atoms with van der Waals surface area (Å²) in [4.78, 5) is 11.5. The van der Waals surface area contributed by atoms with E-state index in [1.807, 2.05) is 32.0 Å². The van der Waals surface area contributed by atoms with Gasteiger partial charge in [-0.1, -0.05) is 23.8 Å². The van der Waals surface area contributed by atoms with Crippen molar-refractivity contribution in [3.8, 4) is 0 Å². The van der Waals surface area contributed by atoms with Gasteiger partial charge in [0.25, 0.3) is 0 Å². The summed E-state index contributed by atoms with van der Waals surface area (Å²) in [6.45, 7) is 4.49. The lowest BCUT2D eigenvalue weighted by Gasteiger charge is -2.25. The summed E-state index contributed by atoms with van der Waals surface area (Å²) in [6.07, 6.45) is -0.157. The molecule has 2 unspecified atom stereocenters. The van der Waals surface area contributed by atoms with Gasteiger partial charge >= 0.3 is 5.97 Å². The van der Waals surface area contributed by atoms with Crippen LogP contribution in [0.15, 0.2) is 18.2 Å². The van der Waals surface area contributed by atoms with E-state index in [-0.39, 0.29) is 19.0 Å². The maximum atomic E-state index is 11.5. The molecule has 1 rings (SSSR count). The van der Waals surface area contributed by atoms with E-state index in [0.717, 1.165) is 16.7 Å². The molecule has 0 aliphatic carbocycles. The van der Waals surface area contributed by atoms with Crippen LogP contribution in [-0.2, 0) is 9.53 Å². The predicted octanol–water partition coefficient (Wildman–Crippen LogP) is 1.24. The van der Waals surface area contributed by atoms with Gasteiger partial charge in [-0.25, -0.2) is 0 Å². The Morgan fingerprint density at radius 3 is 2.71 bits per heavy atom. The van der Waals surface area contributed by atoms with Crippen LogP contribution in [0.2, 0.25) is 0 Å². The van der Waals surface area contributed by atoms with Crippen molar-refractivity contribution in [1.82, 2.24) is 5.32 Å². The van der Waals surface area contributed by atoms with Gasteiger partial charge in [-0.15, -0.1) is 0 Å². The highest BCUT2D eigenvalue weighted by Gasteiger charge is 2.24. The van der Waals surface area contributed by atoms with Crippen molar-refractivity contribution >= 4 is 5.97 Å². The van der Waals surface area contributed by atoms with E-state index in [9.17, 15) is 9.90 Å². The number of aliphatic hydroxyl groups excluding tert-OH is 2. The molecular formula is C16H25NO4. The van der Waals surface area contributed by atoms with Gasteiger partial charge in [-0.3, -0.25) is 4.79 Å². The molecule has 21 heavy (non-hydrogen) atoms. The third kappa shape index (κ3) is 5.46. The molecule has 1 aromatic carbocycles. The number of carbonyl (C=O) groups excluding carboxylic acids is 1. The lowest BCUT2D eigenvalue weighted by molar-refractivity contribution is -0.142. The molecule has 5 heteroatoms. The fraction of sp³-hybridized carbons (Fsp3) is 0.562. The maximum Gasteiger partial charge on any atom is 0.307 e. The quantitative estimate of drug-likeness (QED) is 0.497. The molecule has 1 aromatic rings. The van der Waals surface area contributed by atoms with E-state index in [1.165, 1.54) is 7.11 Å². The largest absolute Gasteiger partial charge is 0.469 e. The Kier molecular flexibility index (Phi) is 7.36. The Bertz CT molecular complexity index is 462. The molecule has 0 aliphatic rings. The second-order valence-corrected chi connectivity index (χ2v) is 5.22. The van der Waals surface area contributed by atoms with Crippen molar-refractivity contribution in [2.45, 2.75) is 38.8 Å². The SMILES string of the molecule is COC(=O)CC(NCCCO)C(O)c1cc(C)ccc1C. The van der Waals surface area contributed by atoms with Crippen LogP contribution in [0, 0.1) is 13.8 Å². The predicted molar refractivity (Wildman–Crippen MR) is 81.0 cm³/mol. The van der Waals surface area contributed by atoms with E-state index in [4.69, 9.17) is 5.11 Å². The number of carbonyl (C=O) groups is 1. The number of esters is 1. The molecule has 0 aromatic heterocycles. The van der Waals surface area contributed by atoms with Crippen LogP contribution in [0.1, 0.15) is 35.6 Å². The number of nitrogens with one attached hydrogen (secondary N) is 1. The Balaban J connectivity index is 2.88. The number of hydrogen-bond acceptors (Lipinski definition) is 5. The normalized spacial score (nSPS) is 13.8. The second-order valence-electron chi connectivity index (χ2n) is 5.22. The highest BCUT2D eigenvalue weighted by Crippen LogP contribution is 2.24. The molecule has 0 aliphatic heterocycles. The van der Waals surface area contributed by atoms with Crippen LogP contribution in [0.4, 0.5) is 0 Å². The average molecular weight is 295 g/mol. The Morgan fingerprint density at radius 2 is 2.10 bits per heavy atom. The van der Waals surface area contributed by atoms with Gasteiger partial charge in [0.2, 0.25) is 0 Å². The molecule has 0 saturated heterocycles. The van der Waals surface area contributed by atoms with Gasteiger partial charge in [-0.2, -0.15) is 0 Å². The zero-order chi connectivity index (χ0) is 15.8. The molecule has 0 amide bonds. The Hall–Kier alpha value is -1.43. The third-order valence-electron chi connectivity index (χ3n) is 3.49. The minimum absolute atomic E-state index is 0.0670. The average Bonchev–Trinajstić information content (AvgIpc) is 2.48. The number of methoxy groups -OCH3 is 1. The first-order valence-corrected chi connectivity index (χ1v) is 7.15. The van der Waals surface area contributed by atoms with Gasteiger partial charge < -0.3 is 20.3 Å². The first kappa shape index (κ1) is 17.6. The van der Waals surface area contributed by atoms with Crippen LogP contribution in [0.3, 0.4) is 0 Å². The van der Waals surface area contributed by atoms with Crippen molar-refractivity contribution in [3.05, 3.63) is 34.9 Å². The highest BCUT2D eigenvalue weighted by molar-refractivity contribution is 5.70. The molecule has 0 saturated carbocycles. The molecule has 2 atom stereocenters. The first-order chi connectivity index (χ1) is 9.99. The van der Waals surface area contributed by atoms with Crippen molar-refractivity contribution in [3.63, 3.8) is 0 Å². The topological polar surface area (TPSA) is 78.8 Å². The lowest BCUT2D eigenvalue weighted by atomic mass is 9.94. The zero-order valence-corrected chi connectivity index (χ0v) is 12.9. The summed E-state index contributed by atoms with van der Waals surface area (Å²) in [5.74, 6) is -0.374. The van der Waals surface area contributed by atoms with Gasteiger partial charge in [0.1, 0.15) is 0 Å². The smallest absolute Gasteiger partial charge is 0.307 e. The molecular weight excluding hydrogens is 270 g/mol. The number of ether oxygens (including phenoxy) is 1. The van der Waals surface area contributed by atoms with E-state index >= 15 is 0 Å². The zero-order valence-electron chi connectivity index (χ0n) is 12.9.